The molecule has 5 heterocycles. The van der Waals surface area contributed by atoms with E-state index in [-0.39, 0.29) is 54.0 Å². The van der Waals surface area contributed by atoms with E-state index in [1.807, 2.05) is 26.0 Å². The zero-order valence-electron chi connectivity index (χ0n) is 35.9. The summed E-state index contributed by atoms with van der Waals surface area (Å²) in [5.74, 6) is -2.43. The Kier molecular flexibility index (Phi) is 13.5. The highest BCUT2D eigenvalue weighted by molar-refractivity contribution is 7.13. The second-order valence-corrected chi connectivity index (χ2v) is 16.3. The van der Waals surface area contributed by atoms with Crippen LogP contribution in [0, 0.1) is 19.7 Å². The van der Waals surface area contributed by atoms with Gasteiger partial charge >= 0.3 is 0 Å². The van der Waals surface area contributed by atoms with E-state index in [0.29, 0.717) is 57.2 Å². The Bertz CT molecular complexity index is 2740. The lowest BCUT2D eigenvalue weighted by atomic mass is 10.1. The Morgan fingerprint density at radius 2 is 1.43 bits per heavy atom. The molecule has 0 saturated carbocycles. The van der Waals surface area contributed by atoms with Crippen molar-refractivity contribution in [1.29, 1.82) is 0 Å². The number of primary amides is 2. The van der Waals surface area contributed by atoms with Crippen LogP contribution in [0.3, 0.4) is 0 Å². The van der Waals surface area contributed by atoms with Gasteiger partial charge in [-0.2, -0.15) is 5.10 Å². The van der Waals surface area contributed by atoms with Crippen LogP contribution in [0.4, 0.5) is 16.3 Å². The van der Waals surface area contributed by atoms with Gasteiger partial charge < -0.3 is 35.0 Å². The minimum absolute atomic E-state index is 0.0496. The Hall–Kier alpha value is -6.67. The molecule has 0 atom stereocenters. The zero-order valence-corrected chi connectivity index (χ0v) is 36.7. The third kappa shape index (κ3) is 9.41. The van der Waals surface area contributed by atoms with E-state index in [0.717, 1.165) is 43.9 Å². The molecule has 63 heavy (non-hydrogen) atoms. The Balaban J connectivity index is 1.26. The number of carbonyl (C=O) groups is 4. The number of imidazole rings is 2. The van der Waals surface area contributed by atoms with E-state index in [1.54, 1.807) is 22.1 Å². The summed E-state index contributed by atoms with van der Waals surface area (Å²) in [6, 6.07) is 6.11. The summed E-state index contributed by atoms with van der Waals surface area (Å²) in [5.41, 5.74) is 13.8. The van der Waals surface area contributed by atoms with E-state index in [2.05, 4.69) is 25.6 Å². The minimum Gasteiger partial charge on any atom is -0.494 e. The number of nitrogens with two attached hydrogens (primary N) is 2. The Labute approximate surface area is 366 Å². The quantitative estimate of drug-likeness (QED) is 0.0613. The van der Waals surface area contributed by atoms with Crippen molar-refractivity contribution < 1.29 is 33.0 Å². The van der Waals surface area contributed by atoms with Crippen LogP contribution in [0.1, 0.15) is 96.8 Å². The second kappa shape index (κ2) is 19.2. The van der Waals surface area contributed by atoms with E-state index in [9.17, 15) is 19.2 Å². The summed E-state index contributed by atoms with van der Waals surface area (Å²) < 4.78 is 32.1. The largest absolute Gasteiger partial charge is 0.494 e. The van der Waals surface area contributed by atoms with Crippen LogP contribution in [-0.4, -0.2) is 95.7 Å². The van der Waals surface area contributed by atoms with Crippen LogP contribution in [0.5, 0.6) is 11.5 Å². The molecule has 1 fully saturated rings. The molecule has 20 heteroatoms. The number of halogens is 1. The Morgan fingerprint density at radius 3 is 2.00 bits per heavy atom. The van der Waals surface area contributed by atoms with Crippen LogP contribution in [-0.2, 0) is 26.1 Å². The van der Waals surface area contributed by atoms with Crippen LogP contribution >= 0.6 is 11.3 Å². The molecule has 6 aromatic rings. The van der Waals surface area contributed by atoms with Gasteiger partial charge in [0.15, 0.2) is 11.5 Å². The molecule has 0 unspecified atom stereocenters. The zero-order chi connectivity index (χ0) is 44.9. The molecule has 6 N–H and O–H groups in total. The first-order chi connectivity index (χ1) is 30.3. The van der Waals surface area contributed by atoms with Crippen LogP contribution in [0.25, 0.3) is 22.1 Å². The number of nitrogens with one attached hydrogen (secondary N) is 2. The van der Waals surface area contributed by atoms with Crippen molar-refractivity contribution in [2.75, 3.05) is 44.0 Å². The number of aryl methyl sites for hydroxylation is 4. The molecular weight excluding hydrogens is 832 g/mol. The van der Waals surface area contributed by atoms with Gasteiger partial charge in [0.2, 0.25) is 23.7 Å². The fourth-order valence-corrected chi connectivity index (χ4v) is 8.68. The van der Waals surface area contributed by atoms with Gasteiger partial charge in [-0.15, -0.1) is 11.3 Å². The van der Waals surface area contributed by atoms with Crippen molar-refractivity contribution in [2.45, 2.75) is 79.4 Å². The maximum Gasteiger partial charge on any atom is 0.279 e. The summed E-state index contributed by atoms with van der Waals surface area (Å²) in [7, 11) is 1.45. The normalized spacial score (nSPS) is 13.3. The maximum atomic E-state index is 15.3. The number of aromatic nitrogens is 7. The van der Waals surface area contributed by atoms with Crippen molar-refractivity contribution in [3.05, 3.63) is 80.3 Å². The number of likely N-dealkylation sites (tertiary alicyclic amines) is 1. The summed E-state index contributed by atoms with van der Waals surface area (Å²) >= 11 is 1.28. The molecule has 18 nitrogen and oxygen atoms in total. The van der Waals surface area contributed by atoms with Gasteiger partial charge in [-0.05, 0) is 83.8 Å². The molecule has 7 rings (SSSR count). The molecule has 2 aromatic carbocycles. The molecule has 0 radical (unpaired) electrons. The number of piperidine rings is 1. The SMILES string of the molecule is CCc1nc(C)sc1C(=O)Nc1nc2cc(C(N)=O)cc(OC)c2n1C/C=C/Cn1c(NC(=O)c2c(F)c(C)nn2CC)nc2cc(C(N)=O)cc(OCCCN3CCCCC3)c21. The summed E-state index contributed by atoms with van der Waals surface area (Å²) in [6.07, 6.45) is 8.46. The van der Waals surface area contributed by atoms with Crippen molar-refractivity contribution >= 4 is 68.9 Å². The minimum atomic E-state index is -0.773. The van der Waals surface area contributed by atoms with Crippen molar-refractivity contribution in [2.24, 2.45) is 11.5 Å². The van der Waals surface area contributed by atoms with Gasteiger partial charge in [0.25, 0.3) is 11.8 Å². The van der Waals surface area contributed by atoms with Gasteiger partial charge in [-0.3, -0.25) is 34.5 Å². The number of fused-ring (bicyclic) bond motifs is 2. The topological polar surface area (TPSA) is 232 Å². The number of rotatable bonds is 18. The number of hydrogen-bond acceptors (Lipinski definition) is 12. The maximum absolute atomic E-state index is 15.3. The summed E-state index contributed by atoms with van der Waals surface area (Å²) in [4.78, 5) is 69.1. The van der Waals surface area contributed by atoms with E-state index in [1.165, 1.54) is 54.7 Å². The van der Waals surface area contributed by atoms with Gasteiger partial charge in [-0.1, -0.05) is 25.5 Å². The molecule has 0 aliphatic carbocycles. The first-order valence-corrected chi connectivity index (χ1v) is 21.7. The first-order valence-electron chi connectivity index (χ1n) is 20.9. The molecular formula is C43H51FN12O6S. The average molecular weight is 883 g/mol. The molecule has 4 aromatic heterocycles. The van der Waals surface area contributed by atoms with Crippen LogP contribution < -0.4 is 31.6 Å². The Morgan fingerprint density at radius 1 is 0.841 bits per heavy atom. The van der Waals surface area contributed by atoms with Crippen molar-refractivity contribution in [3.8, 4) is 11.5 Å². The second-order valence-electron chi connectivity index (χ2n) is 15.1. The molecule has 0 bridgehead atoms. The number of methoxy groups -OCH3 is 1. The van der Waals surface area contributed by atoms with E-state index < -0.39 is 29.4 Å². The molecule has 4 amide bonds. The monoisotopic (exact) mass is 882 g/mol. The predicted octanol–water partition coefficient (Wildman–Crippen LogP) is 5.60. The molecule has 1 aliphatic rings. The number of thiazole rings is 1. The third-order valence-electron chi connectivity index (χ3n) is 10.8. The number of carbonyl (C=O) groups excluding carboxylic acids is 4. The molecule has 1 saturated heterocycles. The predicted molar refractivity (Wildman–Crippen MR) is 237 cm³/mol. The van der Waals surface area contributed by atoms with Crippen LogP contribution in [0.2, 0.25) is 0 Å². The lowest BCUT2D eigenvalue weighted by molar-refractivity contribution is 0.0991. The standard InChI is InChI=1S/C43H51FN12O6S/c1-6-28-37(63-25(4)47-28)41(60)51-43-48-29-20-26(38(45)57)22-31(61-5)34(29)54(43)17-11-12-18-55-35-30(49-42(55)50-40(59)36-33(44)24(3)52-56(36)7-2)21-27(39(46)58)23-32(35)62-19-13-16-53-14-9-8-10-15-53/h11-12,20-23H,6-10,13-19H2,1-5H3,(H2,45,57)(H2,46,58)(H,48,51,60)(H,49,50,59)/b12-11+. The van der Waals surface area contributed by atoms with Crippen LogP contribution in [0.15, 0.2) is 36.4 Å². The fourth-order valence-electron chi connectivity index (χ4n) is 7.78. The summed E-state index contributed by atoms with van der Waals surface area (Å²) in [5, 5.41) is 10.6. The number of ether oxygens (including phenoxy) is 2. The highest BCUT2D eigenvalue weighted by atomic mass is 32.1. The van der Waals surface area contributed by atoms with Gasteiger partial charge in [-0.25, -0.2) is 19.3 Å². The van der Waals surface area contributed by atoms with E-state index in [4.69, 9.17) is 30.9 Å². The number of amides is 4. The number of anilines is 2. The van der Waals surface area contributed by atoms with Gasteiger partial charge in [0.1, 0.15) is 27.4 Å². The van der Waals surface area contributed by atoms with Crippen molar-refractivity contribution in [1.82, 2.24) is 38.8 Å². The van der Waals surface area contributed by atoms with Gasteiger partial charge in [0.05, 0.1) is 41.1 Å². The molecule has 332 valence electrons. The smallest absolute Gasteiger partial charge is 0.279 e. The fraction of sp³-hybridized carbons (Fsp3) is 0.395. The average Bonchev–Trinajstić information content (AvgIpc) is 4.01. The highest BCUT2D eigenvalue weighted by Crippen LogP contribution is 2.34. The molecule has 1 aliphatic heterocycles. The summed E-state index contributed by atoms with van der Waals surface area (Å²) in [6.45, 7) is 10.7. The number of nitrogens with zero attached hydrogens (tertiary/aromatic N) is 8. The van der Waals surface area contributed by atoms with E-state index >= 15 is 4.39 Å². The number of hydrogen-bond donors (Lipinski definition) is 4. The van der Waals surface area contributed by atoms with Gasteiger partial charge in [0, 0.05) is 37.3 Å². The third-order valence-corrected chi connectivity index (χ3v) is 11.8. The number of benzene rings is 2. The number of allylic oxidation sites excluding steroid dienone is 2. The lowest BCUT2D eigenvalue weighted by Crippen LogP contribution is -2.31. The lowest BCUT2D eigenvalue weighted by Gasteiger charge is -2.26. The first kappa shape index (κ1) is 44.4. The highest BCUT2D eigenvalue weighted by Gasteiger charge is 2.26. The van der Waals surface area contributed by atoms with Crippen molar-refractivity contribution in [3.63, 3.8) is 0 Å². The molecule has 0 spiro atoms.